The van der Waals surface area contributed by atoms with Gasteiger partial charge in [-0.15, -0.1) is 10.2 Å². The molecule has 0 aliphatic carbocycles. The fraction of sp³-hybridized carbons (Fsp3) is 0.318. The van der Waals surface area contributed by atoms with E-state index in [1.54, 1.807) is 7.11 Å². The molecule has 1 atom stereocenters. The Balaban J connectivity index is 1.46. The first-order chi connectivity index (χ1) is 14.0. The summed E-state index contributed by atoms with van der Waals surface area (Å²) in [6.07, 6.45) is 2.07. The summed E-state index contributed by atoms with van der Waals surface area (Å²) >= 11 is 6.18. The quantitative estimate of drug-likeness (QED) is 0.565. The number of nitrogens with one attached hydrogen (secondary N) is 1. The van der Waals surface area contributed by atoms with Crippen molar-refractivity contribution >= 4 is 17.5 Å². The molecule has 0 spiro atoms. The molecule has 0 aliphatic heterocycles. The predicted molar refractivity (Wildman–Crippen MR) is 111 cm³/mol. The number of amides is 1. The minimum Gasteiger partial charge on any atom is -0.497 e. The van der Waals surface area contributed by atoms with Crippen LogP contribution in [-0.4, -0.2) is 23.2 Å². The molecule has 0 fully saturated rings. The Hall–Kier alpha value is -2.86. The van der Waals surface area contributed by atoms with Gasteiger partial charge in [-0.25, -0.2) is 0 Å². The van der Waals surface area contributed by atoms with Gasteiger partial charge in [0.1, 0.15) is 5.75 Å². The lowest BCUT2D eigenvalue weighted by atomic mass is 10.1. The maximum atomic E-state index is 12.2. The summed E-state index contributed by atoms with van der Waals surface area (Å²) in [5.41, 5.74) is 2.03. The second kappa shape index (κ2) is 10.1. The number of aromatic nitrogens is 2. The highest BCUT2D eigenvalue weighted by molar-refractivity contribution is 6.31. The van der Waals surface area contributed by atoms with Crippen LogP contribution in [0.4, 0.5) is 0 Å². The third-order valence-corrected chi connectivity index (χ3v) is 4.93. The van der Waals surface area contributed by atoms with Crippen LogP contribution < -0.4 is 10.1 Å². The molecular formula is C22H24ClN3O3. The smallest absolute Gasteiger partial charge is 0.220 e. The Bertz CT molecular complexity index is 958. The lowest BCUT2D eigenvalue weighted by molar-refractivity contribution is -0.121. The highest BCUT2D eigenvalue weighted by Gasteiger charge is 2.14. The molecule has 1 heterocycles. The fourth-order valence-corrected chi connectivity index (χ4v) is 3.31. The monoisotopic (exact) mass is 413 g/mol. The number of hydrogen-bond acceptors (Lipinski definition) is 5. The third-order valence-electron chi connectivity index (χ3n) is 4.59. The number of nitrogens with zero attached hydrogens (tertiary/aromatic N) is 2. The second-order valence-corrected chi connectivity index (χ2v) is 7.16. The number of methoxy groups -OCH3 is 1. The van der Waals surface area contributed by atoms with Crippen LogP contribution in [0, 0.1) is 0 Å². The Morgan fingerprint density at radius 3 is 2.62 bits per heavy atom. The van der Waals surface area contributed by atoms with Crippen LogP contribution in [0.3, 0.4) is 0 Å². The number of rotatable bonds is 9. The van der Waals surface area contributed by atoms with E-state index in [2.05, 4.69) is 15.5 Å². The van der Waals surface area contributed by atoms with Crippen molar-refractivity contribution in [1.29, 1.82) is 0 Å². The van der Waals surface area contributed by atoms with Gasteiger partial charge in [-0.1, -0.05) is 41.9 Å². The van der Waals surface area contributed by atoms with Crippen molar-refractivity contribution in [3.8, 4) is 5.75 Å². The van der Waals surface area contributed by atoms with E-state index in [1.807, 2.05) is 55.5 Å². The van der Waals surface area contributed by atoms with E-state index in [4.69, 9.17) is 20.8 Å². The van der Waals surface area contributed by atoms with Crippen molar-refractivity contribution in [1.82, 2.24) is 15.5 Å². The van der Waals surface area contributed by atoms with Gasteiger partial charge in [-0.05, 0) is 42.7 Å². The van der Waals surface area contributed by atoms with Crippen LogP contribution >= 0.6 is 11.6 Å². The van der Waals surface area contributed by atoms with Crippen molar-refractivity contribution < 1.29 is 13.9 Å². The first-order valence-corrected chi connectivity index (χ1v) is 9.91. The summed E-state index contributed by atoms with van der Waals surface area (Å²) in [6.45, 7) is 1.91. The van der Waals surface area contributed by atoms with Gasteiger partial charge in [0.2, 0.25) is 17.7 Å². The molecule has 3 aromatic rings. The molecule has 0 aliphatic rings. The van der Waals surface area contributed by atoms with Gasteiger partial charge in [0.25, 0.3) is 0 Å². The summed E-state index contributed by atoms with van der Waals surface area (Å²) in [7, 11) is 1.65. The predicted octanol–water partition coefficient (Wildman–Crippen LogP) is 4.33. The second-order valence-electron chi connectivity index (χ2n) is 6.75. The van der Waals surface area contributed by atoms with Gasteiger partial charge < -0.3 is 14.5 Å². The van der Waals surface area contributed by atoms with Crippen molar-refractivity contribution in [3.63, 3.8) is 0 Å². The van der Waals surface area contributed by atoms with Gasteiger partial charge in [0.15, 0.2) is 0 Å². The molecule has 0 saturated heterocycles. The van der Waals surface area contributed by atoms with E-state index in [9.17, 15) is 4.79 Å². The van der Waals surface area contributed by atoms with Gasteiger partial charge in [-0.3, -0.25) is 4.79 Å². The van der Waals surface area contributed by atoms with Crippen LogP contribution in [-0.2, 0) is 24.1 Å². The Labute approximate surface area is 175 Å². The van der Waals surface area contributed by atoms with Gasteiger partial charge >= 0.3 is 0 Å². The molecule has 2 aromatic carbocycles. The van der Waals surface area contributed by atoms with Gasteiger partial charge in [0.05, 0.1) is 13.2 Å². The van der Waals surface area contributed by atoms with Gasteiger partial charge in [-0.2, -0.15) is 0 Å². The normalized spacial score (nSPS) is 11.8. The maximum Gasteiger partial charge on any atom is 0.220 e. The topological polar surface area (TPSA) is 77.2 Å². The lowest BCUT2D eigenvalue weighted by Crippen LogP contribution is -2.27. The largest absolute Gasteiger partial charge is 0.497 e. The molecule has 6 nitrogen and oxygen atoms in total. The van der Waals surface area contributed by atoms with Crippen molar-refractivity contribution in [2.45, 2.75) is 38.6 Å². The zero-order chi connectivity index (χ0) is 20.6. The Morgan fingerprint density at radius 2 is 1.86 bits per heavy atom. The average Bonchev–Trinajstić information content (AvgIpc) is 3.19. The third kappa shape index (κ3) is 6.06. The zero-order valence-electron chi connectivity index (χ0n) is 16.5. The first kappa shape index (κ1) is 20.9. The van der Waals surface area contributed by atoms with E-state index < -0.39 is 0 Å². The average molecular weight is 414 g/mol. The number of benzene rings is 2. The molecule has 7 heteroatoms. The molecule has 3 rings (SSSR count). The van der Waals surface area contributed by atoms with Crippen LogP contribution in [0.25, 0.3) is 0 Å². The first-order valence-electron chi connectivity index (χ1n) is 9.53. The summed E-state index contributed by atoms with van der Waals surface area (Å²) < 4.78 is 10.9. The Kier molecular flexibility index (Phi) is 7.25. The number of halogens is 1. The van der Waals surface area contributed by atoms with Crippen LogP contribution in [0.1, 0.15) is 42.3 Å². The Morgan fingerprint density at radius 1 is 1.10 bits per heavy atom. The molecule has 0 radical (unpaired) electrons. The SMILES string of the molecule is COc1cccc(CCc2nnc(CCC(=O)NC(C)c3ccccc3Cl)o2)c1. The number of carbonyl (C=O) groups is 1. The molecule has 1 N–H and O–H groups in total. The summed E-state index contributed by atoms with van der Waals surface area (Å²) in [5.74, 6) is 1.76. The van der Waals surface area contributed by atoms with E-state index >= 15 is 0 Å². The summed E-state index contributed by atoms with van der Waals surface area (Å²) in [4.78, 5) is 12.2. The van der Waals surface area contributed by atoms with Crippen molar-refractivity contribution in [2.75, 3.05) is 7.11 Å². The number of hydrogen-bond donors (Lipinski definition) is 1. The highest BCUT2D eigenvalue weighted by atomic mass is 35.5. The molecule has 1 unspecified atom stereocenters. The lowest BCUT2D eigenvalue weighted by Gasteiger charge is -2.15. The molecule has 1 amide bonds. The highest BCUT2D eigenvalue weighted by Crippen LogP contribution is 2.22. The molecule has 0 saturated carbocycles. The van der Waals surface area contributed by atoms with Crippen molar-refractivity contribution in [3.05, 3.63) is 76.5 Å². The zero-order valence-corrected chi connectivity index (χ0v) is 17.3. The van der Waals surface area contributed by atoms with Gasteiger partial charge in [0, 0.05) is 24.3 Å². The van der Waals surface area contributed by atoms with E-state index in [1.165, 1.54) is 0 Å². The maximum absolute atomic E-state index is 12.2. The fourth-order valence-electron chi connectivity index (χ4n) is 3.01. The van der Waals surface area contributed by atoms with Crippen LogP contribution in [0.2, 0.25) is 5.02 Å². The molecular weight excluding hydrogens is 390 g/mol. The molecule has 1 aromatic heterocycles. The summed E-state index contributed by atoms with van der Waals surface area (Å²) in [6, 6.07) is 15.2. The van der Waals surface area contributed by atoms with Crippen LogP contribution in [0.5, 0.6) is 5.75 Å². The van der Waals surface area contributed by atoms with Crippen molar-refractivity contribution in [2.24, 2.45) is 0 Å². The minimum atomic E-state index is -0.169. The number of ether oxygens (including phenoxy) is 1. The number of carbonyl (C=O) groups excluding carboxylic acids is 1. The van der Waals surface area contributed by atoms with E-state index in [0.717, 1.165) is 23.3 Å². The molecule has 0 bridgehead atoms. The van der Waals surface area contributed by atoms with E-state index in [0.29, 0.717) is 29.6 Å². The summed E-state index contributed by atoms with van der Waals surface area (Å²) in [5, 5.41) is 11.7. The molecule has 29 heavy (non-hydrogen) atoms. The minimum absolute atomic E-state index is 0.0893. The van der Waals surface area contributed by atoms with E-state index in [-0.39, 0.29) is 18.4 Å². The van der Waals surface area contributed by atoms with Crippen LogP contribution in [0.15, 0.2) is 52.9 Å². The molecule has 152 valence electrons. The number of aryl methyl sites for hydroxylation is 3. The standard InChI is InChI=1S/C22H24ClN3O3/c1-15(18-8-3-4-9-19(18)23)24-20(27)11-13-22-26-25-21(29-22)12-10-16-6-5-7-17(14-16)28-2/h3-9,14-15H,10-13H2,1-2H3,(H,24,27).